The number of piperidine rings is 1. The molecular weight excluding hydrogens is 567 g/mol. The van der Waals surface area contributed by atoms with Gasteiger partial charge >= 0.3 is 0 Å². The number of carbonyl (C=O) groups is 1. The molecule has 3 aromatic rings. The first-order valence-electron chi connectivity index (χ1n) is 15.3. The lowest BCUT2D eigenvalue weighted by molar-refractivity contribution is -0.111. The van der Waals surface area contributed by atoms with Crippen LogP contribution in [-0.4, -0.2) is 72.1 Å². The Morgan fingerprint density at radius 2 is 2.00 bits per heavy atom. The fraction of sp³-hybridized carbons (Fsp3) is 0.485. The van der Waals surface area contributed by atoms with E-state index in [9.17, 15) is 9.18 Å². The average molecular weight is 607 g/mol. The van der Waals surface area contributed by atoms with Gasteiger partial charge in [-0.25, -0.2) is 14.4 Å². The summed E-state index contributed by atoms with van der Waals surface area (Å²) in [6.45, 7) is 8.05. The topological polar surface area (TPSA) is 82.6 Å². The molecule has 228 valence electrons. The molecule has 3 heterocycles. The van der Waals surface area contributed by atoms with Gasteiger partial charge in [0, 0.05) is 36.3 Å². The summed E-state index contributed by atoms with van der Waals surface area (Å²) in [5.41, 5.74) is 2.28. The second-order valence-electron chi connectivity index (χ2n) is 12.8. The second kappa shape index (κ2) is 12.8. The molecule has 2 N–H and O–H groups in total. The summed E-state index contributed by atoms with van der Waals surface area (Å²) >= 11 is 6.00. The SMILES string of the molecule is CC1CCN(C/C=C/C(=O)Nc2cc3c(Nc4ccc(F)c(Cl)c4)ncnc3cc2OCC2CC3(CCN(C)CC3)C2)C1. The van der Waals surface area contributed by atoms with Crippen LogP contribution in [0.2, 0.25) is 5.02 Å². The number of rotatable bonds is 9. The highest BCUT2D eigenvalue weighted by Gasteiger charge is 2.45. The van der Waals surface area contributed by atoms with Crippen LogP contribution in [-0.2, 0) is 4.79 Å². The van der Waals surface area contributed by atoms with Gasteiger partial charge in [0.25, 0.3) is 0 Å². The zero-order chi connectivity index (χ0) is 30.0. The Morgan fingerprint density at radius 3 is 2.74 bits per heavy atom. The number of carbonyl (C=O) groups excluding carboxylic acids is 1. The summed E-state index contributed by atoms with van der Waals surface area (Å²) in [7, 11) is 2.20. The molecule has 3 fully saturated rings. The molecule has 1 aromatic heterocycles. The molecule has 1 aliphatic carbocycles. The number of benzene rings is 2. The summed E-state index contributed by atoms with van der Waals surface area (Å²) in [4.78, 5) is 26.7. The third kappa shape index (κ3) is 7.11. The molecule has 2 aromatic carbocycles. The number of amides is 1. The standard InChI is InChI=1S/C33H40ClFN6O2/c1-22-7-11-41(19-22)10-3-4-31(42)39-29-15-25-28(36-21-37-32(25)38-24-5-6-27(35)26(34)14-24)16-30(29)43-20-23-17-33(18-23)8-12-40(2)13-9-33/h3-6,14-16,21-23H,7-13,17-20H2,1-2H3,(H,39,42)(H,36,37,38)/b4-3+. The highest BCUT2D eigenvalue weighted by molar-refractivity contribution is 6.31. The van der Waals surface area contributed by atoms with Crippen LogP contribution < -0.4 is 15.4 Å². The molecule has 1 unspecified atom stereocenters. The van der Waals surface area contributed by atoms with Crippen LogP contribution in [0.4, 0.5) is 21.6 Å². The molecule has 6 rings (SSSR count). The van der Waals surface area contributed by atoms with E-state index in [4.69, 9.17) is 16.3 Å². The first-order chi connectivity index (χ1) is 20.7. The number of nitrogens with zero attached hydrogens (tertiary/aromatic N) is 4. The molecule has 1 atom stereocenters. The molecule has 43 heavy (non-hydrogen) atoms. The average Bonchev–Trinajstić information content (AvgIpc) is 3.38. The molecular formula is C33H40ClFN6O2. The van der Waals surface area contributed by atoms with Gasteiger partial charge in [-0.1, -0.05) is 24.6 Å². The minimum atomic E-state index is -0.493. The Kier molecular flexibility index (Phi) is 8.84. The van der Waals surface area contributed by atoms with Crippen LogP contribution in [0.25, 0.3) is 10.9 Å². The van der Waals surface area contributed by atoms with Gasteiger partial charge in [-0.05, 0) is 100 Å². The molecule has 0 bridgehead atoms. The van der Waals surface area contributed by atoms with E-state index < -0.39 is 5.82 Å². The Morgan fingerprint density at radius 1 is 1.19 bits per heavy atom. The molecule has 3 aliphatic rings. The molecule has 8 nitrogen and oxygen atoms in total. The molecule has 1 amide bonds. The van der Waals surface area contributed by atoms with E-state index in [0.717, 1.165) is 19.6 Å². The van der Waals surface area contributed by atoms with Crippen molar-refractivity contribution in [2.75, 3.05) is 57.0 Å². The quantitative estimate of drug-likeness (QED) is 0.269. The monoisotopic (exact) mass is 606 g/mol. The maximum Gasteiger partial charge on any atom is 0.248 e. The lowest BCUT2D eigenvalue weighted by Crippen LogP contribution is -2.47. The van der Waals surface area contributed by atoms with Crippen LogP contribution >= 0.6 is 11.6 Å². The number of anilines is 3. The number of hydrogen-bond donors (Lipinski definition) is 2. The van der Waals surface area contributed by atoms with Crippen molar-refractivity contribution in [3.63, 3.8) is 0 Å². The first kappa shape index (κ1) is 29.8. The Balaban J connectivity index is 1.20. The summed E-state index contributed by atoms with van der Waals surface area (Å²) in [6.07, 6.45) is 11.1. The number of halogens is 2. The molecule has 2 saturated heterocycles. The van der Waals surface area contributed by atoms with Crippen LogP contribution in [0.3, 0.4) is 0 Å². The highest BCUT2D eigenvalue weighted by atomic mass is 35.5. The number of likely N-dealkylation sites (tertiary alicyclic amines) is 2. The minimum absolute atomic E-state index is 0.0141. The number of nitrogens with one attached hydrogen (secondary N) is 2. The van der Waals surface area contributed by atoms with Crippen LogP contribution in [0.5, 0.6) is 5.75 Å². The van der Waals surface area contributed by atoms with Gasteiger partial charge in [-0.2, -0.15) is 0 Å². The van der Waals surface area contributed by atoms with Gasteiger partial charge < -0.3 is 20.3 Å². The van der Waals surface area contributed by atoms with Gasteiger partial charge in [0.1, 0.15) is 23.7 Å². The number of fused-ring (bicyclic) bond motifs is 1. The van der Waals surface area contributed by atoms with Gasteiger partial charge in [-0.3, -0.25) is 9.69 Å². The number of aromatic nitrogens is 2. The van der Waals surface area contributed by atoms with Crippen LogP contribution in [0.1, 0.15) is 39.0 Å². The Labute approximate surface area is 257 Å². The van der Waals surface area contributed by atoms with Crippen LogP contribution in [0, 0.1) is 23.1 Å². The predicted molar refractivity (Wildman–Crippen MR) is 170 cm³/mol. The molecule has 1 saturated carbocycles. The largest absolute Gasteiger partial charge is 0.491 e. The summed E-state index contributed by atoms with van der Waals surface area (Å²) in [5.74, 6) is 1.57. The van der Waals surface area contributed by atoms with E-state index in [1.807, 2.05) is 18.2 Å². The van der Waals surface area contributed by atoms with Crippen molar-refractivity contribution >= 4 is 45.6 Å². The van der Waals surface area contributed by atoms with Crippen molar-refractivity contribution in [1.82, 2.24) is 19.8 Å². The van der Waals surface area contributed by atoms with Crippen molar-refractivity contribution in [3.8, 4) is 5.75 Å². The Bertz CT molecular complexity index is 1500. The lowest BCUT2D eigenvalue weighted by Gasteiger charge is -2.51. The van der Waals surface area contributed by atoms with E-state index >= 15 is 0 Å². The molecule has 0 radical (unpaired) electrons. The third-order valence-electron chi connectivity index (χ3n) is 9.28. The number of ether oxygens (including phenoxy) is 1. The van der Waals surface area contributed by atoms with Crippen molar-refractivity contribution in [2.45, 2.75) is 39.0 Å². The fourth-order valence-corrected chi connectivity index (χ4v) is 6.96. The smallest absolute Gasteiger partial charge is 0.248 e. The van der Waals surface area contributed by atoms with Crippen LogP contribution in [0.15, 0.2) is 48.8 Å². The van der Waals surface area contributed by atoms with E-state index in [0.29, 0.717) is 57.7 Å². The van der Waals surface area contributed by atoms with Gasteiger partial charge in [-0.15, -0.1) is 0 Å². The fourth-order valence-electron chi connectivity index (χ4n) is 6.78. The summed E-state index contributed by atoms with van der Waals surface area (Å²) in [6, 6.07) is 8.10. The molecule has 1 spiro atoms. The van der Waals surface area contributed by atoms with E-state index in [2.05, 4.69) is 44.4 Å². The van der Waals surface area contributed by atoms with Gasteiger partial charge in [0.15, 0.2) is 0 Å². The third-order valence-corrected chi connectivity index (χ3v) is 9.57. The van der Waals surface area contributed by atoms with E-state index in [1.165, 1.54) is 63.7 Å². The van der Waals surface area contributed by atoms with Gasteiger partial charge in [0.05, 0.1) is 22.8 Å². The lowest BCUT2D eigenvalue weighted by atomic mass is 9.58. The minimum Gasteiger partial charge on any atom is -0.491 e. The van der Waals surface area contributed by atoms with Crippen molar-refractivity contribution in [3.05, 3.63) is 59.7 Å². The maximum atomic E-state index is 13.7. The van der Waals surface area contributed by atoms with Crippen molar-refractivity contribution < 1.29 is 13.9 Å². The summed E-state index contributed by atoms with van der Waals surface area (Å²) < 4.78 is 20.1. The summed E-state index contributed by atoms with van der Waals surface area (Å²) in [5, 5.41) is 6.95. The molecule has 10 heteroatoms. The predicted octanol–water partition coefficient (Wildman–Crippen LogP) is 6.50. The van der Waals surface area contributed by atoms with Gasteiger partial charge in [0.2, 0.25) is 5.91 Å². The zero-order valence-corrected chi connectivity index (χ0v) is 25.7. The maximum absolute atomic E-state index is 13.7. The Hall–Kier alpha value is -3.27. The van der Waals surface area contributed by atoms with Crippen molar-refractivity contribution in [1.29, 1.82) is 0 Å². The molecule has 2 aliphatic heterocycles. The zero-order valence-electron chi connectivity index (χ0n) is 24.9. The first-order valence-corrected chi connectivity index (χ1v) is 15.7. The van der Waals surface area contributed by atoms with E-state index in [1.54, 1.807) is 12.1 Å². The second-order valence-corrected chi connectivity index (χ2v) is 13.2. The van der Waals surface area contributed by atoms with E-state index in [-0.39, 0.29) is 10.9 Å². The normalized spacial score (nSPS) is 21.0. The highest BCUT2D eigenvalue weighted by Crippen LogP contribution is 2.52. The van der Waals surface area contributed by atoms with Crippen molar-refractivity contribution in [2.24, 2.45) is 17.3 Å². The number of hydrogen-bond acceptors (Lipinski definition) is 7.